The van der Waals surface area contributed by atoms with Gasteiger partial charge in [-0.1, -0.05) is 485 Å². The summed E-state index contributed by atoms with van der Waals surface area (Å²) in [6, 6.07) is 158. The standard InChI is InChI=1S/C48H32.2C46H30/c1-4-16-33(17-5-1)37-29-38(34-18-6-2-7-19-34)31-40(30-37)47-42-24-12-14-26-44(42)48(45-27-15-13-25-43(45)47)46-32-39(35-20-8-3-9-21-35)28-36-22-10-11-23-41(36)46;1-2-14-31(15-3-1)36-29-33-17-5-7-22-39(33)44(30-36)46-42-25-10-8-23-40(42)45(41-24-9-11-26-43(41)46)35-20-12-19-34(28-35)38-27-13-18-32-16-4-6-21-37(32)38;1-2-13-31(14-3-1)38-29-36-17-6-7-20-39(36)44(30-38)46-42-23-10-8-21-40(42)45(41-22-9-11-24-43(41)46)37-19-12-18-34(28-37)35-26-25-32-15-4-5-16-33(32)27-35/h1-32H;2*1-30H/i3D,8D,9D,20D,21D;1D,2D,3D,14D,15D;1D,2D,3D,13D,14D. The molecule has 652 valence electrons. The molecular formula is C140H92. The van der Waals surface area contributed by atoms with Gasteiger partial charge in [-0.05, 0) is 336 Å². The van der Waals surface area contributed by atoms with Crippen LogP contribution in [0.15, 0.2) is 558 Å². The first-order valence-corrected chi connectivity index (χ1v) is 47.2. The van der Waals surface area contributed by atoms with Gasteiger partial charge in [0.1, 0.15) is 0 Å². The Kier molecular flexibility index (Phi) is 17.9. The van der Waals surface area contributed by atoms with E-state index in [0.717, 1.165) is 203 Å². The molecule has 0 amide bonds. The Morgan fingerprint density at radius 2 is 0.329 bits per heavy atom. The van der Waals surface area contributed by atoms with E-state index in [1.165, 1.54) is 27.1 Å². The first kappa shape index (κ1) is 68.7. The fourth-order valence-corrected chi connectivity index (χ4v) is 21.3. The summed E-state index contributed by atoms with van der Waals surface area (Å²) < 4.78 is 128. The molecule has 0 heteroatoms. The Labute approximate surface area is 836 Å². The molecule has 0 aromatic heterocycles. The Balaban J connectivity index is 0.000000119. The van der Waals surface area contributed by atoms with E-state index < -0.39 is 18.1 Å². The van der Waals surface area contributed by atoms with E-state index in [2.05, 4.69) is 364 Å². The molecule has 0 saturated heterocycles. The lowest BCUT2D eigenvalue weighted by atomic mass is 9.83. The fourth-order valence-electron chi connectivity index (χ4n) is 21.3. The van der Waals surface area contributed by atoms with Gasteiger partial charge in [-0.15, -0.1) is 0 Å². The number of hydrogen-bond acceptors (Lipinski definition) is 0. The van der Waals surface area contributed by atoms with Crippen LogP contribution in [0.3, 0.4) is 0 Å². The summed E-state index contributed by atoms with van der Waals surface area (Å²) >= 11 is 0. The minimum Gasteiger partial charge on any atom is -0.0622 e. The van der Waals surface area contributed by atoms with Gasteiger partial charge < -0.3 is 0 Å². The topological polar surface area (TPSA) is 0 Å². The molecule has 0 fully saturated rings. The summed E-state index contributed by atoms with van der Waals surface area (Å²) in [7, 11) is 0. The zero-order valence-corrected chi connectivity index (χ0v) is 76.0. The van der Waals surface area contributed by atoms with Crippen LogP contribution in [0, 0.1) is 0 Å². The van der Waals surface area contributed by atoms with Crippen molar-refractivity contribution in [3.8, 4) is 145 Å². The maximum atomic E-state index is 8.83. The Morgan fingerprint density at radius 3 is 0.700 bits per heavy atom. The van der Waals surface area contributed by atoms with E-state index in [-0.39, 0.29) is 89.2 Å². The maximum absolute atomic E-state index is 8.83. The summed E-state index contributed by atoms with van der Waals surface area (Å²) in [6.45, 7) is 0. The third-order valence-electron chi connectivity index (χ3n) is 27.5. The Morgan fingerprint density at radius 1 is 0.100 bits per heavy atom. The van der Waals surface area contributed by atoms with E-state index in [1.807, 2.05) is 103 Å². The Bertz CT molecular complexity index is 10200. The van der Waals surface area contributed by atoms with Crippen molar-refractivity contribution in [2.45, 2.75) is 0 Å². The first-order valence-electron chi connectivity index (χ1n) is 54.7. The molecule has 0 bridgehead atoms. The number of hydrogen-bond donors (Lipinski definition) is 0. The zero-order chi connectivity index (χ0) is 106. The first-order chi connectivity index (χ1) is 75.7. The molecule has 27 aromatic rings. The minimum atomic E-state index is -0.399. The highest BCUT2D eigenvalue weighted by Crippen LogP contribution is 2.53. The zero-order valence-electron chi connectivity index (χ0n) is 91.0. The number of benzene rings is 27. The van der Waals surface area contributed by atoms with Crippen LogP contribution in [-0.2, 0) is 0 Å². The van der Waals surface area contributed by atoms with Crippen molar-refractivity contribution >= 4 is 118 Å². The van der Waals surface area contributed by atoms with Crippen LogP contribution in [0.4, 0.5) is 0 Å². The molecule has 0 spiro atoms. The van der Waals surface area contributed by atoms with Crippen molar-refractivity contribution in [1.82, 2.24) is 0 Å². The smallest absolute Gasteiger partial charge is 0.0622 e. The van der Waals surface area contributed by atoms with Crippen LogP contribution in [0.25, 0.3) is 263 Å². The predicted octanol–water partition coefficient (Wildman–Crippen LogP) is 39.4. The quantitative estimate of drug-likeness (QED) is 0.101. The van der Waals surface area contributed by atoms with Gasteiger partial charge in [0.05, 0.1) is 20.6 Å². The van der Waals surface area contributed by atoms with Gasteiger partial charge in [-0.2, -0.15) is 0 Å². The maximum Gasteiger partial charge on any atom is 0.0629 e. The van der Waals surface area contributed by atoms with Gasteiger partial charge in [-0.25, -0.2) is 0 Å². The van der Waals surface area contributed by atoms with E-state index >= 15 is 0 Å². The lowest BCUT2D eigenvalue weighted by Gasteiger charge is -2.20. The third kappa shape index (κ3) is 15.5. The van der Waals surface area contributed by atoms with Gasteiger partial charge in [-0.3, -0.25) is 0 Å². The van der Waals surface area contributed by atoms with Gasteiger partial charge >= 0.3 is 0 Å². The molecule has 0 unspecified atom stereocenters. The average molecular weight is 1790 g/mol. The van der Waals surface area contributed by atoms with Crippen molar-refractivity contribution in [2.24, 2.45) is 0 Å². The minimum absolute atomic E-state index is 0.194. The summed E-state index contributed by atoms with van der Waals surface area (Å²) in [4.78, 5) is 0. The van der Waals surface area contributed by atoms with Crippen LogP contribution in [0.2, 0.25) is 0 Å². The van der Waals surface area contributed by atoms with Gasteiger partial charge in [0.25, 0.3) is 0 Å². The van der Waals surface area contributed by atoms with E-state index in [4.69, 9.17) is 20.6 Å². The summed E-state index contributed by atoms with van der Waals surface area (Å²) in [5.41, 5.74) is 24.3. The molecule has 0 aliphatic heterocycles. The molecule has 0 aliphatic rings. The van der Waals surface area contributed by atoms with Crippen molar-refractivity contribution in [2.75, 3.05) is 0 Å². The molecular weight excluding hydrogens is 1680 g/mol. The van der Waals surface area contributed by atoms with Gasteiger partial charge in [0.15, 0.2) is 0 Å². The molecule has 0 radical (unpaired) electrons. The molecule has 0 nitrogen and oxygen atoms in total. The molecule has 27 aromatic carbocycles. The van der Waals surface area contributed by atoms with Crippen LogP contribution in [-0.4, -0.2) is 0 Å². The highest BCUT2D eigenvalue weighted by Gasteiger charge is 2.26. The SMILES string of the molecule is [2H]c1c([2H])c([2H])c(-c2cc(-c3c4ccccc4c(-c4cc(-c5ccccc5)cc(-c5ccccc5)c4)c4ccccc34)c3ccccc3c2)c([2H])c1[2H].[2H]c1c([2H])c([2H])c(-c2cc(-c3c4ccccc4c(-c4cccc(-c5ccc6ccccc6c5)c4)c4ccccc34)c3ccccc3c2)c([2H])c1[2H].[2H]c1c([2H])c([2H])c(-c2cc(-c3c4ccccc4c(-c4cccc(-c5cccc6ccccc56)c4)c4ccccc34)c3ccccc3c2)c([2H])c1[2H]. The van der Waals surface area contributed by atoms with Crippen LogP contribution in [0.5, 0.6) is 0 Å². The lowest BCUT2D eigenvalue weighted by Crippen LogP contribution is -1.93. The van der Waals surface area contributed by atoms with Gasteiger partial charge in [0, 0.05) is 0 Å². The van der Waals surface area contributed by atoms with Crippen molar-refractivity contribution < 1.29 is 20.6 Å². The molecule has 0 heterocycles. The second-order valence-corrected chi connectivity index (χ2v) is 35.5. The monoisotopic (exact) mass is 1790 g/mol. The summed E-state index contributed by atoms with van der Waals surface area (Å²) in [6.07, 6.45) is 0. The van der Waals surface area contributed by atoms with E-state index in [9.17, 15) is 0 Å². The largest absolute Gasteiger partial charge is 0.0629 e. The van der Waals surface area contributed by atoms with Crippen LogP contribution >= 0.6 is 0 Å². The number of fused-ring (bicyclic) bond motifs is 11. The third-order valence-corrected chi connectivity index (χ3v) is 27.5. The van der Waals surface area contributed by atoms with Crippen LogP contribution in [0.1, 0.15) is 20.6 Å². The van der Waals surface area contributed by atoms with Crippen LogP contribution < -0.4 is 0 Å². The summed E-state index contributed by atoms with van der Waals surface area (Å²) in [5, 5.41) is 23.8. The summed E-state index contributed by atoms with van der Waals surface area (Å²) in [5.74, 6) is 0. The lowest BCUT2D eigenvalue weighted by molar-refractivity contribution is 1.58. The van der Waals surface area contributed by atoms with Crippen molar-refractivity contribution in [3.63, 3.8) is 0 Å². The van der Waals surface area contributed by atoms with E-state index in [1.54, 1.807) is 0 Å². The normalized spacial score (nSPS) is 12.9. The molecule has 0 saturated carbocycles. The second-order valence-electron chi connectivity index (χ2n) is 35.5. The highest BCUT2D eigenvalue weighted by molar-refractivity contribution is 6.28. The average Bonchev–Trinajstić information content (AvgIpc) is 0.724. The fraction of sp³-hybridized carbons (Fsp3) is 0. The van der Waals surface area contributed by atoms with Crippen molar-refractivity contribution in [1.29, 1.82) is 0 Å². The number of rotatable bonds is 13. The second kappa shape index (κ2) is 36.5. The predicted molar refractivity (Wildman–Crippen MR) is 603 cm³/mol. The Hall–Kier alpha value is -18.2. The van der Waals surface area contributed by atoms with E-state index in [0.29, 0.717) is 16.7 Å². The molecule has 0 atom stereocenters. The molecule has 140 heavy (non-hydrogen) atoms. The molecule has 0 N–H and O–H groups in total. The van der Waals surface area contributed by atoms with Crippen molar-refractivity contribution in [3.05, 3.63) is 558 Å². The highest BCUT2D eigenvalue weighted by atomic mass is 14.3. The van der Waals surface area contributed by atoms with Gasteiger partial charge in [0.2, 0.25) is 0 Å². The molecule has 27 rings (SSSR count). The molecule has 0 aliphatic carbocycles.